The number of phenolic OH excluding ortho intramolecular Hbond substituents is 1. The molecule has 0 bridgehead atoms. The summed E-state index contributed by atoms with van der Waals surface area (Å²) in [6, 6.07) is 11.5. The summed E-state index contributed by atoms with van der Waals surface area (Å²) in [7, 11) is 0. The number of phenols is 1. The van der Waals surface area contributed by atoms with Crippen LogP contribution < -0.4 is 4.74 Å². The lowest BCUT2D eigenvalue weighted by Gasteiger charge is -2.09. The van der Waals surface area contributed by atoms with Crippen molar-refractivity contribution in [3.8, 4) is 11.5 Å². The van der Waals surface area contributed by atoms with Crippen LogP contribution in [0.5, 0.6) is 11.5 Å². The molecular formula is C16H12F3NO2. The van der Waals surface area contributed by atoms with Crippen molar-refractivity contribution in [2.45, 2.75) is 12.8 Å². The predicted molar refractivity (Wildman–Crippen MR) is 75.7 cm³/mol. The average Bonchev–Trinajstić information content (AvgIpc) is 2.86. The monoisotopic (exact) mass is 307 g/mol. The molecule has 0 radical (unpaired) electrons. The Morgan fingerprint density at radius 1 is 1.05 bits per heavy atom. The zero-order valence-electron chi connectivity index (χ0n) is 11.3. The fourth-order valence-corrected chi connectivity index (χ4v) is 2.18. The number of hydrogen-bond acceptors (Lipinski definition) is 2. The van der Waals surface area contributed by atoms with E-state index in [2.05, 4.69) is 4.98 Å². The molecule has 2 N–H and O–H groups in total. The summed E-state index contributed by atoms with van der Waals surface area (Å²) in [4.78, 5) is 3.04. The lowest BCUT2D eigenvalue weighted by molar-refractivity contribution is -0.137. The molecule has 0 spiro atoms. The van der Waals surface area contributed by atoms with Crippen LogP contribution >= 0.6 is 0 Å². The van der Waals surface area contributed by atoms with Crippen molar-refractivity contribution in [1.29, 1.82) is 0 Å². The molecule has 22 heavy (non-hydrogen) atoms. The Kier molecular flexibility index (Phi) is 3.44. The highest BCUT2D eigenvalue weighted by Crippen LogP contribution is 2.31. The summed E-state index contributed by atoms with van der Waals surface area (Å²) in [6.07, 6.45) is -4.39. The van der Waals surface area contributed by atoms with Gasteiger partial charge in [-0.1, -0.05) is 6.07 Å². The molecule has 0 unspecified atom stereocenters. The SMILES string of the molecule is Oc1ccc2cc(COc3cccc(C(F)(F)F)c3)[nH]c2c1. The third-order valence-corrected chi connectivity index (χ3v) is 3.22. The van der Waals surface area contributed by atoms with Crippen LogP contribution in [0.2, 0.25) is 0 Å². The topological polar surface area (TPSA) is 45.2 Å². The van der Waals surface area contributed by atoms with Gasteiger partial charge < -0.3 is 14.8 Å². The van der Waals surface area contributed by atoms with Crippen molar-refractivity contribution in [3.05, 3.63) is 59.8 Å². The maximum atomic E-state index is 12.6. The largest absolute Gasteiger partial charge is 0.508 e. The molecule has 0 aliphatic heterocycles. The lowest BCUT2D eigenvalue weighted by Crippen LogP contribution is -2.05. The number of fused-ring (bicyclic) bond motifs is 1. The summed E-state index contributed by atoms with van der Waals surface area (Å²) >= 11 is 0. The molecule has 0 aliphatic rings. The number of rotatable bonds is 3. The van der Waals surface area contributed by atoms with Gasteiger partial charge in [-0.15, -0.1) is 0 Å². The standard InChI is InChI=1S/C16H12F3NO2/c17-16(18,19)11-2-1-3-14(7-11)22-9-12-6-10-4-5-13(21)8-15(10)20-12/h1-8,20-21H,9H2. The predicted octanol–water partition coefficient (Wildman–Crippen LogP) is 4.47. The number of benzene rings is 2. The number of halogens is 3. The van der Waals surface area contributed by atoms with Crippen LogP contribution in [0, 0.1) is 0 Å². The van der Waals surface area contributed by atoms with Crippen LogP contribution in [-0.4, -0.2) is 10.1 Å². The third-order valence-electron chi connectivity index (χ3n) is 3.22. The van der Waals surface area contributed by atoms with Crippen molar-refractivity contribution in [2.24, 2.45) is 0 Å². The number of aromatic nitrogens is 1. The second kappa shape index (κ2) is 5.29. The molecule has 0 saturated carbocycles. The lowest BCUT2D eigenvalue weighted by atomic mass is 10.2. The second-order valence-electron chi connectivity index (χ2n) is 4.88. The highest BCUT2D eigenvalue weighted by atomic mass is 19.4. The minimum Gasteiger partial charge on any atom is -0.508 e. The Labute approximate surface area is 124 Å². The number of H-pyrrole nitrogens is 1. The molecule has 3 aromatic rings. The van der Waals surface area contributed by atoms with Crippen LogP contribution in [-0.2, 0) is 12.8 Å². The quantitative estimate of drug-likeness (QED) is 0.750. The maximum Gasteiger partial charge on any atom is 0.416 e. The van der Waals surface area contributed by atoms with Crippen molar-refractivity contribution in [2.75, 3.05) is 0 Å². The highest BCUT2D eigenvalue weighted by Gasteiger charge is 2.30. The molecular weight excluding hydrogens is 295 g/mol. The van der Waals surface area contributed by atoms with E-state index in [4.69, 9.17) is 4.74 Å². The smallest absolute Gasteiger partial charge is 0.416 e. The van der Waals surface area contributed by atoms with Crippen molar-refractivity contribution < 1.29 is 23.0 Å². The molecule has 1 heterocycles. The summed E-state index contributed by atoms with van der Waals surface area (Å²) in [6.45, 7) is 0.108. The van der Waals surface area contributed by atoms with Gasteiger partial charge in [-0.25, -0.2) is 0 Å². The van der Waals surface area contributed by atoms with Gasteiger partial charge in [0.05, 0.1) is 11.3 Å². The Balaban J connectivity index is 1.76. The molecule has 114 valence electrons. The van der Waals surface area contributed by atoms with Crippen molar-refractivity contribution in [3.63, 3.8) is 0 Å². The number of aromatic hydroxyl groups is 1. The van der Waals surface area contributed by atoms with Gasteiger partial charge in [0, 0.05) is 17.0 Å². The summed E-state index contributed by atoms with van der Waals surface area (Å²) < 4.78 is 43.3. The number of ether oxygens (including phenoxy) is 1. The molecule has 6 heteroatoms. The molecule has 0 fully saturated rings. The fraction of sp³-hybridized carbons (Fsp3) is 0.125. The van der Waals surface area contributed by atoms with Crippen LogP contribution in [0.1, 0.15) is 11.3 Å². The fourth-order valence-electron chi connectivity index (χ4n) is 2.18. The van der Waals surface area contributed by atoms with Crippen LogP contribution in [0.4, 0.5) is 13.2 Å². The van der Waals surface area contributed by atoms with E-state index in [0.717, 1.165) is 23.0 Å². The Hall–Kier alpha value is -2.63. The molecule has 3 rings (SSSR count). The molecule has 0 saturated heterocycles. The van der Waals surface area contributed by atoms with E-state index in [0.29, 0.717) is 5.69 Å². The summed E-state index contributed by atoms with van der Waals surface area (Å²) in [5, 5.41) is 10.3. The first-order valence-electron chi connectivity index (χ1n) is 6.52. The second-order valence-corrected chi connectivity index (χ2v) is 4.88. The third kappa shape index (κ3) is 3.00. The van der Waals surface area contributed by atoms with E-state index in [9.17, 15) is 18.3 Å². The molecule has 0 amide bonds. The molecule has 0 aliphatic carbocycles. The molecule has 2 aromatic carbocycles. The van der Waals surface area contributed by atoms with Crippen LogP contribution in [0.15, 0.2) is 48.5 Å². The number of hydrogen-bond donors (Lipinski definition) is 2. The van der Waals surface area contributed by atoms with Crippen LogP contribution in [0.3, 0.4) is 0 Å². The number of alkyl halides is 3. The zero-order valence-corrected chi connectivity index (χ0v) is 11.3. The van der Waals surface area contributed by atoms with E-state index < -0.39 is 11.7 Å². The van der Waals surface area contributed by atoms with Gasteiger partial charge in [0.15, 0.2) is 0 Å². The normalized spacial score (nSPS) is 11.8. The van der Waals surface area contributed by atoms with Crippen LogP contribution in [0.25, 0.3) is 10.9 Å². The zero-order chi connectivity index (χ0) is 15.7. The van der Waals surface area contributed by atoms with Gasteiger partial charge in [0.25, 0.3) is 0 Å². The Bertz CT molecular complexity index is 809. The van der Waals surface area contributed by atoms with Gasteiger partial charge in [-0.2, -0.15) is 13.2 Å². The van der Waals surface area contributed by atoms with E-state index in [1.165, 1.54) is 12.1 Å². The Morgan fingerprint density at radius 3 is 2.64 bits per heavy atom. The first-order valence-corrected chi connectivity index (χ1v) is 6.52. The molecule has 3 nitrogen and oxygen atoms in total. The van der Waals surface area contributed by atoms with Crippen molar-refractivity contribution in [1.82, 2.24) is 4.98 Å². The van der Waals surface area contributed by atoms with Gasteiger partial charge in [0.2, 0.25) is 0 Å². The van der Waals surface area contributed by atoms with Gasteiger partial charge >= 0.3 is 6.18 Å². The van der Waals surface area contributed by atoms with E-state index in [1.54, 1.807) is 18.2 Å². The van der Waals surface area contributed by atoms with E-state index in [-0.39, 0.29) is 18.1 Å². The minimum absolute atomic E-state index is 0.108. The van der Waals surface area contributed by atoms with Gasteiger partial charge in [-0.05, 0) is 36.4 Å². The summed E-state index contributed by atoms with van der Waals surface area (Å²) in [5.74, 6) is 0.288. The van der Waals surface area contributed by atoms with Crippen molar-refractivity contribution >= 4 is 10.9 Å². The first-order chi connectivity index (χ1) is 10.4. The maximum absolute atomic E-state index is 12.6. The molecule has 0 atom stereocenters. The number of nitrogens with one attached hydrogen (secondary N) is 1. The molecule has 1 aromatic heterocycles. The summed E-state index contributed by atoms with van der Waals surface area (Å²) in [5.41, 5.74) is 0.701. The highest BCUT2D eigenvalue weighted by molar-refractivity contribution is 5.81. The van der Waals surface area contributed by atoms with E-state index in [1.807, 2.05) is 6.07 Å². The van der Waals surface area contributed by atoms with Gasteiger partial charge in [-0.3, -0.25) is 0 Å². The Morgan fingerprint density at radius 2 is 1.86 bits per heavy atom. The van der Waals surface area contributed by atoms with Gasteiger partial charge in [0.1, 0.15) is 18.1 Å². The minimum atomic E-state index is -4.39. The van der Waals surface area contributed by atoms with E-state index >= 15 is 0 Å². The average molecular weight is 307 g/mol. The first kappa shape index (κ1) is 14.3. The number of aromatic amines is 1.